The lowest BCUT2D eigenvalue weighted by Crippen LogP contribution is -2.03. The van der Waals surface area contributed by atoms with Crippen molar-refractivity contribution in [3.8, 4) is 6.07 Å². The number of nitro benzene ring substituents is 1. The van der Waals surface area contributed by atoms with E-state index in [-0.39, 0.29) is 86.0 Å². The van der Waals surface area contributed by atoms with Gasteiger partial charge in [0.2, 0.25) is 5.82 Å². The Morgan fingerprint density at radius 1 is 0.492 bits per heavy atom. The zero-order valence-electron chi connectivity index (χ0n) is 36.7. The number of benzene rings is 5. The van der Waals surface area contributed by atoms with Gasteiger partial charge in [-0.15, -0.1) is 0 Å². The highest BCUT2D eigenvalue weighted by Gasteiger charge is 2.20. The van der Waals surface area contributed by atoms with Crippen LogP contribution in [0.1, 0.15) is 171 Å². The van der Waals surface area contributed by atoms with E-state index in [1.54, 1.807) is 58.0 Å². The molecule has 0 aliphatic rings. The average molecular weight is 887 g/mol. The Balaban J connectivity index is -0.000000707. The molecule has 0 N–H and O–H groups in total. The number of halogens is 7. The van der Waals surface area contributed by atoms with E-state index in [9.17, 15) is 40.8 Å². The molecule has 0 saturated heterocycles. The first-order chi connectivity index (χ1) is 27.9. The van der Waals surface area contributed by atoms with Crippen molar-refractivity contribution < 1.29 is 35.7 Å². The Morgan fingerprint density at radius 2 is 0.889 bits per heavy atom. The van der Waals surface area contributed by atoms with E-state index in [0.717, 1.165) is 28.3 Å². The normalized spacial score (nSPS) is 10.0. The van der Waals surface area contributed by atoms with Crippen molar-refractivity contribution in [3.05, 3.63) is 180 Å². The summed E-state index contributed by atoms with van der Waals surface area (Å²) in [5.41, 5.74) is 4.50. The molecule has 0 atom stereocenters. The van der Waals surface area contributed by atoms with Gasteiger partial charge in [0.25, 0.3) is 0 Å². The van der Waals surface area contributed by atoms with Crippen LogP contribution in [0.4, 0.5) is 36.4 Å². The third kappa shape index (κ3) is 18.8. The molecule has 0 amide bonds. The minimum atomic E-state index is -1.07. The fourth-order valence-corrected chi connectivity index (χ4v) is 5.68. The maximum Gasteiger partial charge on any atom is 0.305 e. The van der Waals surface area contributed by atoms with Gasteiger partial charge in [0.15, 0.2) is 11.6 Å². The molecular weight excluding hydrogens is 818 g/mol. The summed E-state index contributed by atoms with van der Waals surface area (Å²) >= 11 is 0. The van der Waals surface area contributed by atoms with Gasteiger partial charge in [-0.05, 0) is 102 Å². The molecule has 0 radical (unpaired) electrons. The van der Waals surface area contributed by atoms with Crippen molar-refractivity contribution >= 4 is 5.69 Å². The van der Waals surface area contributed by atoms with Crippen LogP contribution in [0, 0.1) is 82.9 Å². The molecule has 11 heteroatoms. The Kier molecular flexibility index (Phi) is 28.4. The summed E-state index contributed by atoms with van der Waals surface area (Å²) in [5, 5.41) is 18.9. The van der Waals surface area contributed by atoms with Gasteiger partial charge in [0, 0.05) is 11.6 Å². The van der Waals surface area contributed by atoms with Gasteiger partial charge in [0.1, 0.15) is 29.3 Å². The highest BCUT2D eigenvalue weighted by Crippen LogP contribution is 2.27. The second-order valence-electron chi connectivity index (χ2n) is 15.8. The summed E-state index contributed by atoms with van der Waals surface area (Å²) < 4.78 is 91.9. The standard InChI is InChI=1S/C10H11F3.C10H10FN.2C10H13F.C9H10FNO2.3CH4/c1-5(2)8-9(12)6(3)4-7(11)10(8)13;1-7(2)9-5-3-4-8(6-12)10(9)11;2*1-7(2)9-6-8(3)4-5-10(9)11;1-6(2)7-4-3-5-8(9(7)10)11(12)13;;;/h4-5H,1-3H3;3-5,7H,1-2H3;2*4-7H,1-3H3;3-6H,1-2H3;3*1H4. The highest BCUT2D eigenvalue weighted by atomic mass is 19.2. The molecule has 5 aromatic rings. The van der Waals surface area contributed by atoms with E-state index < -0.39 is 33.9 Å². The molecule has 0 unspecified atom stereocenters. The van der Waals surface area contributed by atoms with E-state index in [1.807, 2.05) is 73.6 Å². The molecular formula is C52H69F7N2O2. The molecule has 4 nitrogen and oxygen atoms in total. The molecule has 0 aromatic heterocycles. The summed E-state index contributed by atoms with van der Waals surface area (Å²) in [7, 11) is 0. The molecule has 0 saturated carbocycles. The van der Waals surface area contributed by atoms with Crippen molar-refractivity contribution in [1.29, 1.82) is 5.26 Å². The summed E-state index contributed by atoms with van der Waals surface area (Å²) in [5.74, 6) is -3.71. The largest absolute Gasteiger partial charge is 0.305 e. The van der Waals surface area contributed by atoms with Crippen LogP contribution in [0.15, 0.2) is 78.9 Å². The van der Waals surface area contributed by atoms with E-state index in [0.29, 0.717) is 11.1 Å². The van der Waals surface area contributed by atoms with Crippen LogP contribution in [-0.2, 0) is 0 Å². The molecule has 5 rings (SSSR count). The molecule has 5 aromatic carbocycles. The third-order valence-electron chi connectivity index (χ3n) is 9.09. The van der Waals surface area contributed by atoms with Gasteiger partial charge in [-0.1, -0.05) is 151 Å². The number of rotatable bonds is 6. The maximum absolute atomic E-state index is 13.3. The molecule has 0 fully saturated rings. The Morgan fingerprint density at radius 3 is 1.24 bits per heavy atom. The SMILES string of the molecule is C.C.C.CC(C)c1cccc(C#N)c1F.CC(C)c1cccc([N+](=O)[O-])c1F.Cc1cc(F)c(F)c(C(C)C)c1F.Cc1ccc(F)c(C(C)C)c1.Cc1ccc(F)c(C(C)C)c1. The van der Waals surface area contributed by atoms with Gasteiger partial charge >= 0.3 is 5.69 Å². The van der Waals surface area contributed by atoms with Gasteiger partial charge in [-0.3, -0.25) is 10.1 Å². The summed E-state index contributed by atoms with van der Waals surface area (Å²) in [6, 6.07) is 22.3. The second-order valence-corrected chi connectivity index (χ2v) is 15.8. The molecule has 0 aliphatic carbocycles. The maximum atomic E-state index is 13.3. The van der Waals surface area contributed by atoms with Gasteiger partial charge in [-0.25, -0.2) is 26.3 Å². The molecule has 0 heterocycles. The fraction of sp³-hybridized carbons (Fsp3) is 0.404. The predicted molar refractivity (Wildman–Crippen MR) is 248 cm³/mol. The first-order valence-electron chi connectivity index (χ1n) is 19.6. The minimum Gasteiger partial charge on any atom is -0.258 e. The van der Waals surface area contributed by atoms with Crippen LogP contribution in [-0.4, -0.2) is 4.92 Å². The lowest BCUT2D eigenvalue weighted by Gasteiger charge is -2.10. The smallest absolute Gasteiger partial charge is 0.258 e. The van der Waals surface area contributed by atoms with Crippen molar-refractivity contribution in [2.75, 3.05) is 0 Å². The number of nitriles is 1. The van der Waals surface area contributed by atoms with Crippen LogP contribution in [0.5, 0.6) is 0 Å². The van der Waals surface area contributed by atoms with Crippen molar-refractivity contribution in [1.82, 2.24) is 0 Å². The summed E-state index contributed by atoms with van der Waals surface area (Å²) in [6.45, 7) is 24.0. The first-order valence-corrected chi connectivity index (χ1v) is 19.6. The van der Waals surface area contributed by atoms with Gasteiger partial charge < -0.3 is 0 Å². The molecule has 63 heavy (non-hydrogen) atoms. The van der Waals surface area contributed by atoms with E-state index >= 15 is 0 Å². The topological polar surface area (TPSA) is 66.9 Å². The number of hydrogen-bond donors (Lipinski definition) is 0. The fourth-order valence-electron chi connectivity index (χ4n) is 5.68. The Hall–Kier alpha value is -5.50. The lowest BCUT2D eigenvalue weighted by molar-refractivity contribution is -0.387. The number of nitro groups is 1. The quantitative estimate of drug-likeness (QED) is 0.0738. The second kappa shape index (κ2) is 29.0. The zero-order valence-corrected chi connectivity index (χ0v) is 36.7. The predicted octanol–water partition coefficient (Wildman–Crippen LogP) is 17.6. The van der Waals surface area contributed by atoms with Crippen LogP contribution in [0.2, 0.25) is 0 Å². The molecule has 0 bridgehead atoms. The molecule has 348 valence electrons. The van der Waals surface area contributed by atoms with Crippen molar-refractivity contribution in [2.24, 2.45) is 0 Å². The number of aryl methyl sites for hydroxylation is 3. The lowest BCUT2D eigenvalue weighted by atomic mass is 9.99. The average Bonchev–Trinajstić information content (AvgIpc) is 3.16. The van der Waals surface area contributed by atoms with Crippen molar-refractivity contribution in [3.63, 3.8) is 0 Å². The third-order valence-corrected chi connectivity index (χ3v) is 9.09. The highest BCUT2D eigenvalue weighted by molar-refractivity contribution is 5.38. The number of nitrogens with zero attached hydrogens (tertiary/aromatic N) is 2. The van der Waals surface area contributed by atoms with Crippen LogP contribution in [0.25, 0.3) is 0 Å². The summed E-state index contributed by atoms with van der Waals surface area (Å²) in [4.78, 5) is 9.66. The van der Waals surface area contributed by atoms with Crippen molar-refractivity contribution in [2.45, 2.75) is 142 Å². The first kappa shape index (κ1) is 61.8. The van der Waals surface area contributed by atoms with E-state index in [1.165, 1.54) is 37.3 Å². The van der Waals surface area contributed by atoms with Crippen LogP contribution < -0.4 is 0 Å². The monoisotopic (exact) mass is 887 g/mol. The minimum absolute atomic E-state index is 0. The number of hydrogen-bond acceptors (Lipinski definition) is 3. The zero-order chi connectivity index (χ0) is 46.2. The molecule has 0 aliphatic heterocycles. The Bertz CT molecular complexity index is 2140. The summed E-state index contributed by atoms with van der Waals surface area (Å²) in [6.07, 6.45) is 0. The van der Waals surface area contributed by atoms with Crippen LogP contribution >= 0.6 is 0 Å². The van der Waals surface area contributed by atoms with E-state index in [4.69, 9.17) is 5.26 Å². The van der Waals surface area contributed by atoms with Gasteiger partial charge in [-0.2, -0.15) is 9.65 Å². The Labute approximate surface area is 373 Å². The van der Waals surface area contributed by atoms with E-state index in [2.05, 4.69) is 0 Å². The van der Waals surface area contributed by atoms with Crippen LogP contribution in [0.3, 0.4) is 0 Å². The molecule has 0 spiro atoms. The van der Waals surface area contributed by atoms with Gasteiger partial charge in [0.05, 0.1) is 10.5 Å².